The predicted octanol–water partition coefficient (Wildman–Crippen LogP) is 3.80. The summed E-state index contributed by atoms with van der Waals surface area (Å²) in [5.74, 6) is 0.867. The molecule has 0 fully saturated rings. The van der Waals surface area contributed by atoms with E-state index < -0.39 is 0 Å². The number of anilines is 1. The molecule has 1 aliphatic rings. The van der Waals surface area contributed by atoms with E-state index in [0.717, 1.165) is 11.0 Å². The largest absolute Gasteiger partial charge is 0.375 e. The molecule has 16 heavy (non-hydrogen) atoms. The number of aromatic nitrogens is 1. The van der Waals surface area contributed by atoms with Gasteiger partial charge in [-0.3, -0.25) is 0 Å². The Morgan fingerprint density at radius 1 is 1.38 bits per heavy atom. The molecule has 0 bridgehead atoms. The van der Waals surface area contributed by atoms with Crippen LogP contribution in [0.5, 0.6) is 0 Å². The molecule has 1 aromatic heterocycles. The molecule has 1 atom stereocenters. The molecule has 2 N–H and O–H groups in total. The summed E-state index contributed by atoms with van der Waals surface area (Å²) in [5.41, 5.74) is 7.05. The lowest BCUT2D eigenvalue weighted by molar-refractivity contribution is 0.404. The van der Waals surface area contributed by atoms with Gasteiger partial charge in [0, 0.05) is 4.88 Å². The van der Waals surface area contributed by atoms with Crippen LogP contribution < -0.4 is 5.73 Å². The Labute approximate surface area is 102 Å². The maximum absolute atomic E-state index is 5.75. The van der Waals surface area contributed by atoms with Gasteiger partial charge in [-0.25, -0.2) is 4.98 Å². The normalized spacial score (nSPS) is 19.7. The summed E-state index contributed by atoms with van der Waals surface area (Å²) in [6, 6.07) is 0. The number of thiazole rings is 1. The Kier molecular flexibility index (Phi) is 4.22. The van der Waals surface area contributed by atoms with Gasteiger partial charge >= 0.3 is 0 Å². The van der Waals surface area contributed by atoms with Crippen molar-refractivity contribution in [1.29, 1.82) is 0 Å². The van der Waals surface area contributed by atoms with Gasteiger partial charge in [-0.05, 0) is 25.2 Å². The third-order valence-electron chi connectivity index (χ3n) is 3.52. The van der Waals surface area contributed by atoms with E-state index in [4.69, 9.17) is 5.73 Å². The van der Waals surface area contributed by atoms with Crippen LogP contribution in [0.4, 0.5) is 5.13 Å². The number of nitrogens with two attached hydrogens (primary N) is 1. The van der Waals surface area contributed by atoms with Crippen LogP contribution in [-0.2, 0) is 12.8 Å². The Hall–Kier alpha value is -0.570. The molecule has 0 amide bonds. The molecule has 1 heterocycles. The molecular formula is C13H22N2S. The van der Waals surface area contributed by atoms with Crippen LogP contribution in [0.15, 0.2) is 0 Å². The minimum Gasteiger partial charge on any atom is -0.375 e. The number of rotatable bonds is 5. The van der Waals surface area contributed by atoms with E-state index in [-0.39, 0.29) is 0 Å². The predicted molar refractivity (Wildman–Crippen MR) is 70.8 cm³/mol. The SMILES string of the molecule is CCCCCCC1CCc2sc(N)nc2C1. The van der Waals surface area contributed by atoms with Crippen molar-refractivity contribution in [2.45, 2.75) is 58.3 Å². The lowest BCUT2D eigenvalue weighted by Crippen LogP contribution is -2.13. The van der Waals surface area contributed by atoms with E-state index in [1.54, 1.807) is 11.3 Å². The van der Waals surface area contributed by atoms with Crippen LogP contribution in [0.3, 0.4) is 0 Å². The number of unbranched alkanes of at least 4 members (excludes halogenated alkanes) is 3. The fraction of sp³-hybridized carbons (Fsp3) is 0.769. The van der Waals surface area contributed by atoms with E-state index >= 15 is 0 Å². The molecule has 0 spiro atoms. The topological polar surface area (TPSA) is 38.9 Å². The molecular weight excluding hydrogens is 216 g/mol. The first-order valence-corrected chi connectivity index (χ1v) is 7.35. The van der Waals surface area contributed by atoms with Crippen LogP contribution in [0.2, 0.25) is 0 Å². The minimum absolute atomic E-state index is 0.761. The summed E-state index contributed by atoms with van der Waals surface area (Å²) in [5, 5.41) is 0.761. The summed E-state index contributed by atoms with van der Waals surface area (Å²) in [6.07, 6.45) is 10.6. The van der Waals surface area contributed by atoms with Crippen LogP contribution >= 0.6 is 11.3 Å². The van der Waals surface area contributed by atoms with Crippen molar-refractivity contribution in [2.24, 2.45) is 5.92 Å². The molecule has 0 saturated heterocycles. The van der Waals surface area contributed by atoms with Crippen molar-refractivity contribution in [3.8, 4) is 0 Å². The summed E-state index contributed by atoms with van der Waals surface area (Å²) in [4.78, 5) is 5.89. The summed E-state index contributed by atoms with van der Waals surface area (Å²) in [7, 11) is 0. The number of nitrogens with zero attached hydrogens (tertiary/aromatic N) is 1. The third-order valence-corrected chi connectivity index (χ3v) is 4.51. The van der Waals surface area contributed by atoms with Crippen molar-refractivity contribution in [3.63, 3.8) is 0 Å². The third kappa shape index (κ3) is 2.97. The molecule has 0 radical (unpaired) electrons. The molecule has 1 unspecified atom stereocenters. The second-order valence-electron chi connectivity index (χ2n) is 4.88. The molecule has 0 saturated carbocycles. The fourth-order valence-corrected chi connectivity index (χ4v) is 3.45. The van der Waals surface area contributed by atoms with Crippen molar-refractivity contribution in [2.75, 3.05) is 5.73 Å². The zero-order valence-corrected chi connectivity index (χ0v) is 11.0. The number of hydrogen-bond donors (Lipinski definition) is 1. The number of aryl methyl sites for hydroxylation is 1. The number of fused-ring (bicyclic) bond motifs is 1. The standard InChI is InChI=1S/C13H22N2S/c1-2-3-4-5-6-10-7-8-12-11(9-10)15-13(14)16-12/h10H,2-9H2,1H3,(H2,14,15). The zero-order chi connectivity index (χ0) is 11.4. The molecule has 2 rings (SSSR count). The first-order chi connectivity index (χ1) is 7.79. The average molecular weight is 238 g/mol. The van der Waals surface area contributed by atoms with Crippen LogP contribution in [0.25, 0.3) is 0 Å². The maximum Gasteiger partial charge on any atom is 0.180 e. The van der Waals surface area contributed by atoms with Crippen molar-refractivity contribution < 1.29 is 0 Å². The van der Waals surface area contributed by atoms with Crippen LogP contribution in [0, 0.1) is 5.92 Å². The highest BCUT2D eigenvalue weighted by Crippen LogP contribution is 2.32. The van der Waals surface area contributed by atoms with Crippen molar-refractivity contribution >= 4 is 16.5 Å². The fourth-order valence-electron chi connectivity index (χ4n) is 2.58. The van der Waals surface area contributed by atoms with Gasteiger partial charge in [0.2, 0.25) is 0 Å². The van der Waals surface area contributed by atoms with Gasteiger partial charge in [0.05, 0.1) is 5.69 Å². The summed E-state index contributed by atoms with van der Waals surface area (Å²) in [6.45, 7) is 2.27. The highest BCUT2D eigenvalue weighted by atomic mass is 32.1. The van der Waals surface area contributed by atoms with Crippen molar-refractivity contribution in [3.05, 3.63) is 10.6 Å². The first kappa shape index (κ1) is 11.9. The Morgan fingerprint density at radius 2 is 2.25 bits per heavy atom. The maximum atomic E-state index is 5.75. The first-order valence-electron chi connectivity index (χ1n) is 6.53. The second kappa shape index (κ2) is 5.67. The van der Waals surface area contributed by atoms with Gasteiger partial charge in [-0.15, -0.1) is 11.3 Å². The van der Waals surface area contributed by atoms with Gasteiger partial charge < -0.3 is 5.73 Å². The quantitative estimate of drug-likeness (QED) is 0.792. The zero-order valence-electron chi connectivity index (χ0n) is 10.2. The lowest BCUT2D eigenvalue weighted by atomic mass is 9.87. The monoisotopic (exact) mass is 238 g/mol. The van der Waals surface area contributed by atoms with E-state index in [0.29, 0.717) is 0 Å². The smallest absolute Gasteiger partial charge is 0.180 e. The van der Waals surface area contributed by atoms with Crippen molar-refractivity contribution in [1.82, 2.24) is 4.98 Å². The molecule has 0 aromatic carbocycles. The van der Waals surface area contributed by atoms with Gasteiger partial charge in [0.25, 0.3) is 0 Å². The van der Waals surface area contributed by atoms with Gasteiger partial charge in [-0.1, -0.05) is 39.0 Å². The van der Waals surface area contributed by atoms with Crippen LogP contribution in [-0.4, -0.2) is 4.98 Å². The Balaban J connectivity index is 1.79. The molecule has 1 aromatic rings. The second-order valence-corrected chi connectivity index (χ2v) is 6.00. The van der Waals surface area contributed by atoms with E-state index in [2.05, 4.69) is 11.9 Å². The average Bonchev–Trinajstić information content (AvgIpc) is 2.64. The van der Waals surface area contributed by atoms with E-state index in [9.17, 15) is 0 Å². The lowest BCUT2D eigenvalue weighted by Gasteiger charge is -2.20. The summed E-state index contributed by atoms with van der Waals surface area (Å²) < 4.78 is 0. The molecule has 3 heteroatoms. The summed E-state index contributed by atoms with van der Waals surface area (Å²) >= 11 is 1.69. The van der Waals surface area contributed by atoms with Crippen LogP contribution in [0.1, 0.15) is 56.0 Å². The Bertz CT molecular complexity index is 333. The molecule has 1 aliphatic carbocycles. The molecule has 90 valence electrons. The van der Waals surface area contributed by atoms with Gasteiger partial charge in [0.1, 0.15) is 0 Å². The number of nitrogen functional groups attached to an aromatic ring is 1. The van der Waals surface area contributed by atoms with E-state index in [1.807, 2.05) is 0 Å². The van der Waals surface area contributed by atoms with E-state index in [1.165, 1.54) is 61.9 Å². The van der Waals surface area contributed by atoms with Gasteiger partial charge in [0.15, 0.2) is 5.13 Å². The molecule has 2 nitrogen and oxygen atoms in total. The van der Waals surface area contributed by atoms with Gasteiger partial charge in [-0.2, -0.15) is 0 Å². The molecule has 0 aliphatic heterocycles. The minimum atomic E-state index is 0.761. The highest BCUT2D eigenvalue weighted by molar-refractivity contribution is 7.15. The Morgan fingerprint density at radius 3 is 3.06 bits per heavy atom. The highest BCUT2D eigenvalue weighted by Gasteiger charge is 2.21. The number of hydrogen-bond acceptors (Lipinski definition) is 3.